The number of rotatable bonds is 6. The third-order valence-electron chi connectivity index (χ3n) is 2.83. The maximum absolute atomic E-state index is 9.72. The quantitative estimate of drug-likeness (QED) is 0.741. The Balaban J connectivity index is 1.63. The Morgan fingerprint density at radius 3 is 2.67 bits per heavy atom. The van der Waals surface area contributed by atoms with Gasteiger partial charge in [0.2, 0.25) is 0 Å². The smallest absolute Gasteiger partial charge is 0.0667 e. The van der Waals surface area contributed by atoms with Gasteiger partial charge in [-0.25, -0.2) is 0 Å². The number of benzene rings is 1. The van der Waals surface area contributed by atoms with Crippen LogP contribution in [0.15, 0.2) is 30.3 Å². The molecule has 2 nitrogen and oxygen atoms in total. The Morgan fingerprint density at radius 2 is 2.00 bits per heavy atom. The van der Waals surface area contributed by atoms with Gasteiger partial charge in [-0.05, 0) is 31.2 Å². The first-order valence-corrected chi connectivity index (χ1v) is 5.80. The first kappa shape index (κ1) is 10.7. The number of hydrogen-bond donors (Lipinski definition) is 2. The molecule has 0 amide bonds. The van der Waals surface area contributed by atoms with Crippen molar-refractivity contribution in [3.63, 3.8) is 0 Å². The molecule has 0 heterocycles. The molecule has 0 spiro atoms. The van der Waals surface area contributed by atoms with Gasteiger partial charge in [0.25, 0.3) is 0 Å². The average Bonchev–Trinajstić information content (AvgIpc) is 3.09. The van der Waals surface area contributed by atoms with E-state index in [4.69, 9.17) is 0 Å². The van der Waals surface area contributed by atoms with Gasteiger partial charge in [-0.2, -0.15) is 0 Å². The number of nitrogens with one attached hydrogen (secondary N) is 1. The van der Waals surface area contributed by atoms with E-state index in [0.29, 0.717) is 6.04 Å². The van der Waals surface area contributed by atoms with E-state index in [-0.39, 0.29) is 6.10 Å². The van der Waals surface area contributed by atoms with E-state index in [2.05, 4.69) is 17.4 Å². The normalized spacial score (nSPS) is 17.7. The van der Waals surface area contributed by atoms with Gasteiger partial charge >= 0.3 is 0 Å². The van der Waals surface area contributed by atoms with E-state index >= 15 is 0 Å². The fourth-order valence-corrected chi connectivity index (χ4v) is 1.67. The summed E-state index contributed by atoms with van der Waals surface area (Å²) >= 11 is 0. The summed E-state index contributed by atoms with van der Waals surface area (Å²) in [7, 11) is 0. The van der Waals surface area contributed by atoms with Crippen molar-refractivity contribution in [1.29, 1.82) is 0 Å². The van der Waals surface area contributed by atoms with Gasteiger partial charge in [-0.3, -0.25) is 0 Å². The molecule has 15 heavy (non-hydrogen) atoms. The summed E-state index contributed by atoms with van der Waals surface area (Å²) in [6, 6.07) is 11.0. The molecule has 1 unspecified atom stereocenters. The van der Waals surface area contributed by atoms with Crippen molar-refractivity contribution in [2.45, 2.75) is 37.8 Å². The molecule has 82 valence electrons. The summed E-state index contributed by atoms with van der Waals surface area (Å²) in [6.45, 7) is 0.748. The van der Waals surface area contributed by atoms with E-state index in [1.54, 1.807) is 0 Å². The molecule has 1 saturated carbocycles. The van der Waals surface area contributed by atoms with Gasteiger partial charge in [-0.1, -0.05) is 30.3 Å². The molecule has 1 atom stereocenters. The van der Waals surface area contributed by atoms with Crippen LogP contribution in [0.2, 0.25) is 0 Å². The molecule has 2 heteroatoms. The largest absolute Gasteiger partial charge is 0.392 e. The van der Waals surface area contributed by atoms with Crippen LogP contribution >= 0.6 is 0 Å². The standard InChI is InChI=1S/C13H19NO/c15-13(10-14-12-7-8-12)9-6-11-4-2-1-3-5-11/h1-5,12-15H,6-10H2. The van der Waals surface area contributed by atoms with E-state index in [1.165, 1.54) is 18.4 Å². The van der Waals surface area contributed by atoms with Crippen molar-refractivity contribution in [3.8, 4) is 0 Å². The van der Waals surface area contributed by atoms with E-state index < -0.39 is 0 Å². The first-order valence-electron chi connectivity index (χ1n) is 5.80. The highest BCUT2D eigenvalue weighted by atomic mass is 16.3. The van der Waals surface area contributed by atoms with E-state index in [0.717, 1.165) is 19.4 Å². The Kier molecular flexibility index (Phi) is 3.75. The highest BCUT2D eigenvalue weighted by molar-refractivity contribution is 5.14. The van der Waals surface area contributed by atoms with Crippen molar-refractivity contribution in [2.24, 2.45) is 0 Å². The molecule has 0 saturated heterocycles. The third kappa shape index (κ3) is 4.02. The predicted molar refractivity (Wildman–Crippen MR) is 61.8 cm³/mol. The monoisotopic (exact) mass is 205 g/mol. The number of aryl methyl sites for hydroxylation is 1. The minimum atomic E-state index is -0.203. The molecule has 2 rings (SSSR count). The van der Waals surface area contributed by atoms with Crippen LogP contribution in [0, 0.1) is 0 Å². The first-order chi connectivity index (χ1) is 7.34. The number of hydrogen-bond acceptors (Lipinski definition) is 2. The average molecular weight is 205 g/mol. The fourth-order valence-electron chi connectivity index (χ4n) is 1.67. The lowest BCUT2D eigenvalue weighted by Gasteiger charge is -2.11. The van der Waals surface area contributed by atoms with E-state index in [1.807, 2.05) is 18.2 Å². The van der Waals surface area contributed by atoms with Gasteiger partial charge < -0.3 is 10.4 Å². The minimum Gasteiger partial charge on any atom is -0.392 e. The molecule has 1 aromatic rings. The zero-order valence-electron chi connectivity index (χ0n) is 9.02. The maximum Gasteiger partial charge on any atom is 0.0667 e. The highest BCUT2D eigenvalue weighted by Crippen LogP contribution is 2.18. The van der Waals surface area contributed by atoms with Gasteiger partial charge in [0.05, 0.1) is 6.10 Å². The van der Waals surface area contributed by atoms with Crippen LogP contribution in [0.4, 0.5) is 0 Å². The molecule has 0 aromatic heterocycles. The highest BCUT2D eigenvalue weighted by Gasteiger charge is 2.21. The molecule has 1 aliphatic carbocycles. The molecular weight excluding hydrogens is 186 g/mol. The molecule has 0 radical (unpaired) electrons. The molecule has 1 fully saturated rings. The van der Waals surface area contributed by atoms with Gasteiger partial charge in [0, 0.05) is 12.6 Å². The SMILES string of the molecule is OC(CCc1ccccc1)CNC1CC1. The van der Waals surface area contributed by atoms with E-state index in [9.17, 15) is 5.11 Å². The summed E-state index contributed by atoms with van der Waals surface area (Å²) in [4.78, 5) is 0. The van der Waals surface area contributed by atoms with Gasteiger partial charge in [0.15, 0.2) is 0 Å². The van der Waals surface area contributed by atoms with Gasteiger partial charge in [0.1, 0.15) is 0 Å². The zero-order valence-corrected chi connectivity index (χ0v) is 9.02. The van der Waals surface area contributed by atoms with Crippen LogP contribution in [-0.2, 0) is 6.42 Å². The summed E-state index contributed by atoms with van der Waals surface area (Å²) in [5.74, 6) is 0. The number of aliphatic hydroxyl groups excluding tert-OH is 1. The van der Waals surface area contributed by atoms with Crippen LogP contribution in [0.25, 0.3) is 0 Å². The molecule has 0 aliphatic heterocycles. The van der Waals surface area contributed by atoms with Gasteiger partial charge in [-0.15, -0.1) is 0 Å². The van der Waals surface area contributed by atoms with Crippen LogP contribution in [0.1, 0.15) is 24.8 Å². The topological polar surface area (TPSA) is 32.3 Å². The second kappa shape index (κ2) is 5.29. The lowest BCUT2D eigenvalue weighted by molar-refractivity contribution is 0.161. The molecule has 1 aromatic carbocycles. The predicted octanol–water partition coefficient (Wildman–Crippen LogP) is 1.73. The van der Waals surface area contributed by atoms with Crippen LogP contribution in [-0.4, -0.2) is 23.8 Å². The van der Waals surface area contributed by atoms with Crippen molar-refractivity contribution >= 4 is 0 Å². The third-order valence-corrected chi connectivity index (χ3v) is 2.83. The molecule has 2 N–H and O–H groups in total. The van der Waals surface area contributed by atoms with Crippen LogP contribution < -0.4 is 5.32 Å². The van der Waals surface area contributed by atoms with Crippen molar-refractivity contribution in [1.82, 2.24) is 5.32 Å². The zero-order chi connectivity index (χ0) is 10.5. The van der Waals surface area contributed by atoms with Crippen molar-refractivity contribution < 1.29 is 5.11 Å². The minimum absolute atomic E-state index is 0.203. The van der Waals surface area contributed by atoms with Crippen LogP contribution in [0.5, 0.6) is 0 Å². The summed E-state index contributed by atoms with van der Waals surface area (Å²) in [6.07, 6.45) is 4.18. The fraction of sp³-hybridized carbons (Fsp3) is 0.538. The molecular formula is C13H19NO. The Hall–Kier alpha value is -0.860. The molecule has 0 bridgehead atoms. The second-order valence-electron chi connectivity index (χ2n) is 4.36. The maximum atomic E-state index is 9.72. The Morgan fingerprint density at radius 1 is 1.27 bits per heavy atom. The number of aliphatic hydroxyl groups is 1. The van der Waals surface area contributed by atoms with Crippen LogP contribution in [0.3, 0.4) is 0 Å². The second-order valence-corrected chi connectivity index (χ2v) is 4.36. The van der Waals surface area contributed by atoms with Crippen molar-refractivity contribution in [2.75, 3.05) is 6.54 Å². The van der Waals surface area contributed by atoms with Crippen molar-refractivity contribution in [3.05, 3.63) is 35.9 Å². The Bertz CT molecular complexity index is 282. The summed E-state index contributed by atoms with van der Waals surface area (Å²) in [5, 5.41) is 13.1. The lowest BCUT2D eigenvalue weighted by atomic mass is 10.1. The Labute approximate surface area is 91.3 Å². The summed E-state index contributed by atoms with van der Waals surface area (Å²) in [5.41, 5.74) is 1.31. The molecule has 1 aliphatic rings. The summed E-state index contributed by atoms with van der Waals surface area (Å²) < 4.78 is 0. The lowest BCUT2D eigenvalue weighted by Crippen LogP contribution is -2.28.